The summed E-state index contributed by atoms with van der Waals surface area (Å²) in [5, 5.41) is 12.5. The first-order valence-corrected chi connectivity index (χ1v) is 8.08. The predicted octanol–water partition coefficient (Wildman–Crippen LogP) is 3.38. The Morgan fingerprint density at radius 3 is 2.14 bits per heavy atom. The highest BCUT2D eigenvalue weighted by molar-refractivity contribution is 5.95. The Kier molecular flexibility index (Phi) is 3.94. The molecule has 1 amide bonds. The number of carbonyl (C=O) groups is 2. The number of hydrogen-bond acceptors (Lipinski definition) is 2. The molecule has 4 heteroatoms. The second-order valence-corrected chi connectivity index (χ2v) is 6.85. The van der Waals surface area contributed by atoms with E-state index in [9.17, 15) is 14.7 Å². The van der Waals surface area contributed by atoms with E-state index in [1.165, 1.54) is 5.56 Å². The Bertz CT molecular complexity index is 602. The number of amides is 1. The highest BCUT2D eigenvalue weighted by Gasteiger charge is 2.50. The van der Waals surface area contributed by atoms with Crippen LogP contribution in [0.25, 0.3) is 0 Å². The summed E-state index contributed by atoms with van der Waals surface area (Å²) in [5.41, 5.74) is 3.06. The summed E-state index contributed by atoms with van der Waals surface area (Å²) < 4.78 is 0. The maximum atomic E-state index is 12.7. The van der Waals surface area contributed by atoms with Gasteiger partial charge >= 0.3 is 5.97 Å². The van der Waals surface area contributed by atoms with E-state index < -0.39 is 11.9 Å². The third kappa shape index (κ3) is 2.62. The van der Waals surface area contributed by atoms with E-state index in [1.807, 2.05) is 32.0 Å². The van der Waals surface area contributed by atoms with Crippen molar-refractivity contribution in [2.75, 3.05) is 5.32 Å². The number of aryl methyl sites for hydroxylation is 2. The van der Waals surface area contributed by atoms with Crippen molar-refractivity contribution < 1.29 is 14.7 Å². The smallest absolute Gasteiger partial charge is 0.307 e. The quantitative estimate of drug-likeness (QED) is 0.899. The number of carboxylic acids is 1. The van der Waals surface area contributed by atoms with Crippen LogP contribution in [-0.4, -0.2) is 17.0 Å². The summed E-state index contributed by atoms with van der Waals surface area (Å²) in [6.07, 6.45) is 3.88. The van der Waals surface area contributed by atoms with Crippen LogP contribution in [0.4, 0.5) is 5.69 Å². The zero-order valence-electron chi connectivity index (χ0n) is 13.1. The van der Waals surface area contributed by atoms with Gasteiger partial charge in [0.15, 0.2) is 0 Å². The molecular weight excluding hydrogens is 278 g/mol. The van der Waals surface area contributed by atoms with Gasteiger partial charge in [0.2, 0.25) is 5.91 Å². The summed E-state index contributed by atoms with van der Waals surface area (Å²) in [7, 11) is 0. The number of nitrogens with one attached hydrogen (secondary N) is 1. The van der Waals surface area contributed by atoms with Crippen LogP contribution in [0, 0.1) is 37.5 Å². The Balaban J connectivity index is 1.80. The van der Waals surface area contributed by atoms with Gasteiger partial charge in [-0.15, -0.1) is 0 Å². The number of aliphatic carboxylic acids is 1. The van der Waals surface area contributed by atoms with Crippen LogP contribution in [-0.2, 0) is 9.59 Å². The van der Waals surface area contributed by atoms with Crippen molar-refractivity contribution in [2.45, 2.75) is 39.5 Å². The van der Waals surface area contributed by atoms with Crippen molar-refractivity contribution in [1.82, 2.24) is 0 Å². The van der Waals surface area contributed by atoms with Crippen LogP contribution in [0.5, 0.6) is 0 Å². The number of anilines is 1. The van der Waals surface area contributed by atoms with Gasteiger partial charge in [-0.1, -0.05) is 6.07 Å². The molecule has 1 aromatic rings. The second-order valence-electron chi connectivity index (χ2n) is 6.85. The van der Waals surface area contributed by atoms with E-state index in [0.29, 0.717) is 0 Å². The number of benzene rings is 1. The van der Waals surface area contributed by atoms with Gasteiger partial charge in [-0.05, 0) is 74.6 Å². The van der Waals surface area contributed by atoms with Crippen LogP contribution >= 0.6 is 0 Å². The van der Waals surface area contributed by atoms with E-state index in [1.54, 1.807) is 0 Å². The topological polar surface area (TPSA) is 66.4 Å². The lowest BCUT2D eigenvalue weighted by Gasteiger charge is -2.45. The molecule has 0 aliphatic heterocycles. The van der Waals surface area contributed by atoms with Crippen LogP contribution in [0.15, 0.2) is 18.2 Å². The standard InChI is InChI=1S/C18H23NO3/c1-10-3-8-14(9-11(10)2)19-17(20)15-12-4-6-13(7-5-12)16(15)18(21)22/h3,8-9,12-13,15-16H,4-7H2,1-2H3,(H,19,20)(H,21,22). The van der Waals surface area contributed by atoms with Crippen LogP contribution in [0.3, 0.4) is 0 Å². The minimum absolute atomic E-state index is 0.120. The molecule has 4 nitrogen and oxygen atoms in total. The van der Waals surface area contributed by atoms with Crippen molar-refractivity contribution >= 4 is 17.6 Å². The van der Waals surface area contributed by atoms with E-state index >= 15 is 0 Å². The van der Waals surface area contributed by atoms with Gasteiger partial charge < -0.3 is 10.4 Å². The number of hydrogen-bond donors (Lipinski definition) is 2. The molecule has 0 heterocycles. The molecule has 0 aromatic heterocycles. The third-order valence-corrected chi connectivity index (χ3v) is 5.58. The fourth-order valence-corrected chi connectivity index (χ4v) is 4.23. The molecule has 3 aliphatic carbocycles. The maximum Gasteiger partial charge on any atom is 0.307 e. The first-order chi connectivity index (χ1) is 10.5. The molecule has 2 bridgehead atoms. The average Bonchev–Trinajstić information content (AvgIpc) is 2.51. The molecule has 3 saturated carbocycles. The van der Waals surface area contributed by atoms with E-state index in [4.69, 9.17) is 0 Å². The van der Waals surface area contributed by atoms with Gasteiger partial charge in [0.05, 0.1) is 11.8 Å². The number of rotatable bonds is 3. The average molecular weight is 301 g/mol. The molecule has 118 valence electrons. The Morgan fingerprint density at radius 2 is 1.59 bits per heavy atom. The fourth-order valence-electron chi connectivity index (χ4n) is 4.23. The monoisotopic (exact) mass is 301 g/mol. The molecule has 0 saturated heterocycles. The largest absolute Gasteiger partial charge is 0.481 e. The van der Waals surface area contributed by atoms with Gasteiger partial charge in [-0.3, -0.25) is 9.59 Å². The summed E-state index contributed by atoms with van der Waals surface area (Å²) >= 11 is 0. The maximum absolute atomic E-state index is 12.7. The van der Waals surface area contributed by atoms with Crippen molar-refractivity contribution in [1.29, 1.82) is 0 Å². The molecule has 3 fully saturated rings. The lowest BCUT2D eigenvalue weighted by Crippen LogP contribution is -2.49. The summed E-state index contributed by atoms with van der Waals surface area (Å²) in [5.74, 6) is -1.44. The van der Waals surface area contributed by atoms with Crippen molar-refractivity contribution in [2.24, 2.45) is 23.7 Å². The van der Waals surface area contributed by atoms with Gasteiger partial charge in [0, 0.05) is 5.69 Å². The Hall–Kier alpha value is -1.84. The van der Waals surface area contributed by atoms with Crippen LogP contribution in [0.2, 0.25) is 0 Å². The summed E-state index contributed by atoms with van der Waals surface area (Å²) in [6.45, 7) is 4.04. The molecule has 0 radical (unpaired) electrons. The van der Waals surface area contributed by atoms with Gasteiger partial charge in [-0.2, -0.15) is 0 Å². The number of carboxylic acid groups (broad SMARTS) is 1. The zero-order chi connectivity index (χ0) is 15.9. The minimum atomic E-state index is -0.811. The molecule has 22 heavy (non-hydrogen) atoms. The summed E-state index contributed by atoms with van der Waals surface area (Å²) in [6, 6.07) is 5.81. The zero-order valence-corrected chi connectivity index (χ0v) is 13.1. The SMILES string of the molecule is Cc1ccc(NC(=O)C2C3CCC(CC3)C2C(=O)O)cc1C. The van der Waals surface area contributed by atoms with Gasteiger partial charge in [0.1, 0.15) is 0 Å². The van der Waals surface area contributed by atoms with Crippen molar-refractivity contribution in [3.63, 3.8) is 0 Å². The normalized spacial score (nSPS) is 30.1. The second kappa shape index (κ2) is 5.75. The number of carbonyl (C=O) groups excluding carboxylic acids is 1. The highest BCUT2D eigenvalue weighted by atomic mass is 16.4. The first-order valence-electron chi connectivity index (χ1n) is 8.08. The number of fused-ring (bicyclic) bond motifs is 3. The molecule has 2 atom stereocenters. The van der Waals surface area contributed by atoms with E-state index in [2.05, 4.69) is 5.32 Å². The molecule has 0 spiro atoms. The lowest BCUT2D eigenvalue weighted by molar-refractivity contribution is -0.156. The molecule has 1 aromatic carbocycles. The molecular formula is C18H23NO3. The van der Waals surface area contributed by atoms with Crippen molar-refractivity contribution in [3.8, 4) is 0 Å². The van der Waals surface area contributed by atoms with Crippen molar-refractivity contribution in [3.05, 3.63) is 29.3 Å². The van der Waals surface area contributed by atoms with Crippen LogP contribution in [0.1, 0.15) is 36.8 Å². The van der Waals surface area contributed by atoms with Gasteiger partial charge in [-0.25, -0.2) is 0 Å². The Morgan fingerprint density at radius 1 is 1.00 bits per heavy atom. The first kappa shape index (κ1) is 15.1. The minimum Gasteiger partial charge on any atom is -0.481 e. The third-order valence-electron chi connectivity index (χ3n) is 5.58. The molecule has 4 rings (SSSR count). The molecule has 2 unspecified atom stereocenters. The van der Waals surface area contributed by atoms with E-state index in [-0.39, 0.29) is 23.7 Å². The van der Waals surface area contributed by atoms with Crippen LogP contribution < -0.4 is 5.32 Å². The lowest BCUT2D eigenvalue weighted by atomic mass is 9.58. The van der Waals surface area contributed by atoms with Gasteiger partial charge in [0.25, 0.3) is 0 Å². The predicted molar refractivity (Wildman–Crippen MR) is 84.6 cm³/mol. The molecule has 3 aliphatic rings. The van der Waals surface area contributed by atoms with E-state index in [0.717, 1.165) is 36.9 Å². The fraction of sp³-hybridized carbons (Fsp3) is 0.556. The highest BCUT2D eigenvalue weighted by Crippen LogP contribution is 2.49. The molecule has 2 N–H and O–H groups in total. The Labute approximate surface area is 130 Å². The summed E-state index contributed by atoms with van der Waals surface area (Å²) in [4.78, 5) is 24.3.